The topological polar surface area (TPSA) is 80.8 Å². The molecule has 0 amide bonds. The Morgan fingerprint density at radius 2 is 2.00 bits per heavy atom. The molecule has 1 fully saturated rings. The molecule has 30 heavy (non-hydrogen) atoms. The van der Waals surface area contributed by atoms with Crippen molar-refractivity contribution in [1.29, 1.82) is 0 Å². The van der Waals surface area contributed by atoms with Crippen LogP contribution in [0.4, 0.5) is 11.8 Å². The van der Waals surface area contributed by atoms with E-state index in [1.165, 1.54) is 12.8 Å². The molecule has 0 bridgehead atoms. The maximum absolute atomic E-state index is 5.51. The number of rotatable bonds is 8. The van der Waals surface area contributed by atoms with E-state index in [1.54, 1.807) is 7.11 Å². The Bertz CT molecular complexity index is 853. The third kappa shape index (κ3) is 4.87. The van der Waals surface area contributed by atoms with Gasteiger partial charge in [0.15, 0.2) is 11.5 Å². The van der Waals surface area contributed by atoms with Crippen LogP contribution in [0.25, 0.3) is 0 Å². The third-order valence-electron chi connectivity index (χ3n) is 5.76. The summed E-state index contributed by atoms with van der Waals surface area (Å²) in [5.74, 6) is 4.53. The summed E-state index contributed by atoms with van der Waals surface area (Å²) in [6.07, 6.45) is 6.48. The molecule has 1 aliphatic heterocycles. The van der Waals surface area contributed by atoms with Crippen molar-refractivity contribution in [3.63, 3.8) is 0 Å². The second-order valence-electron chi connectivity index (χ2n) is 8.16. The van der Waals surface area contributed by atoms with Crippen LogP contribution in [0.5, 0.6) is 17.2 Å². The minimum Gasteiger partial charge on any atom is -0.493 e. The van der Waals surface area contributed by atoms with Crippen LogP contribution in [0.2, 0.25) is 0 Å². The van der Waals surface area contributed by atoms with Gasteiger partial charge in [0.2, 0.25) is 18.5 Å². The van der Waals surface area contributed by atoms with Crippen LogP contribution in [0.1, 0.15) is 31.2 Å². The number of ether oxygens (including phenoxy) is 3. The molecule has 1 aromatic carbocycles. The van der Waals surface area contributed by atoms with Crippen molar-refractivity contribution >= 4 is 11.8 Å². The number of anilines is 2. The average Bonchev–Trinajstić information content (AvgIpc) is 3.23. The highest BCUT2D eigenvalue weighted by Crippen LogP contribution is 2.41. The van der Waals surface area contributed by atoms with E-state index in [-0.39, 0.29) is 6.79 Å². The number of benzene rings is 1. The lowest BCUT2D eigenvalue weighted by atomic mass is 9.86. The molecule has 1 aromatic heterocycles. The highest BCUT2D eigenvalue weighted by molar-refractivity contribution is 5.55. The molecule has 2 aromatic rings. The number of fused-ring (bicyclic) bond motifs is 1. The van der Waals surface area contributed by atoms with E-state index in [9.17, 15) is 0 Å². The summed E-state index contributed by atoms with van der Waals surface area (Å²) < 4.78 is 16.4. The van der Waals surface area contributed by atoms with Crippen molar-refractivity contribution in [3.05, 3.63) is 30.0 Å². The molecule has 2 aliphatic rings. The summed E-state index contributed by atoms with van der Waals surface area (Å²) in [5, 5.41) is 7.10. The van der Waals surface area contributed by atoms with Gasteiger partial charge in [-0.15, -0.1) is 0 Å². The van der Waals surface area contributed by atoms with Gasteiger partial charge in [-0.25, -0.2) is 4.98 Å². The molecule has 0 radical (unpaired) electrons. The minimum absolute atomic E-state index is 0.254. The average molecular weight is 414 g/mol. The summed E-state index contributed by atoms with van der Waals surface area (Å²) in [6.45, 7) is 2.05. The molecule has 4 rings (SSSR count). The predicted octanol–water partition coefficient (Wildman–Crippen LogP) is 3.04. The Labute approximate surface area is 177 Å². The highest BCUT2D eigenvalue weighted by Gasteiger charge is 2.22. The van der Waals surface area contributed by atoms with Crippen LogP contribution in [0.15, 0.2) is 24.4 Å². The quantitative estimate of drug-likeness (QED) is 0.684. The van der Waals surface area contributed by atoms with Gasteiger partial charge in [-0.3, -0.25) is 0 Å². The lowest BCUT2D eigenvalue weighted by Crippen LogP contribution is -2.31. The Morgan fingerprint density at radius 3 is 2.77 bits per heavy atom. The molecular formula is C22H31N5O3. The van der Waals surface area contributed by atoms with Crippen LogP contribution in [-0.2, 0) is 6.54 Å². The Balaban J connectivity index is 1.22. The van der Waals surface area contributed by atoms with Gasteiger partial charge in [0.1, 0.15) is 5.82 Å². The van der Waals surface area contributed by atoms with E-state index in [0.29, 0.717) is 17.7 Å². The zero-order chi connectivity index (χ0) is 20.9. The summed E-state index contributed by atoms with van der Waals surface area (Å²) in [6, 6.07) is 6.41. The van der Waals surface area contributed by atoms with Gasteiger partial charge in [0.25, 0.3) is 0 Å². The maximum atomic E-state index is 5.51. The molecule has 2 N–H and O–H groups in total. The van der Waals surface area contributed by atoms with Crippen molar-refractivity contribution in [2.75, 3.05) is 44.8 Å². The fourth-order valence-corrected chi connectivity index (χ4v) is 4.07. The smallest absolute Gasteiger partial charge is 0.231 e. The SMILES string of the molecule is COc1cc(CNCC2CCC(Nc3nccc(N(C)C)n3)CC2)cc2c1OCO2. The number of nitrogens with zero attached hydrogens (tertiary/aromatic N) is 3. The first kappa shape index (κ1) is 20.5. The van der Waals surface area contributed by atoms with E-state index >= 15 is 0 Å². The van der Waals surface area contributed by atoms with E-state index in [1.807, 2.05) is 43.4 Å². The van der Waals surface area contributed by atoms with Gasteiger partial charge in [0.05, 0.1) is 7.11 Å². The number of aromatic nitrogens is 2. The molecule has 162 valence electrons. The molecule has 8 heteroatoms. The summed E-state index contributed by atoms with van der Waals surface area (Å²) in [5.41, 5.74) is 1.14. The van der Waals surface area contributed by atoms with Crippen molar-refractivity contribution in [1.82, 2.24) is 15.3 Å². The number of nitrogens with one attached hydrogen (secondary N) is 2. The largest absolute Gasteiger partial charge is 0.493 e. The van der Waals surface area contributed by atoms with Gasteiger partial charge in [-0.2, -0.15) is 4.98 Å². The first-order valence-corrected chi connectivity index (χ1v) is 10.6. The molecule has 0 saturated heterocycles. The van der Waals surface area contributed by atoms with Crippen molar-refractivity contribution in [2.24, 2.45) is 5.92 Å². The van der Waals surface area contributed by atoms with Crippen LogP contribution in [0.3, 0.4) is 0 Å². The van der Waals surface area contributed by atoms with Gasteiger partial charge in [-0.1, -0.05) is 0 Å². The zero-order valence-corrected chi connectivity index (χ0v) is 18.0. The predicted molar refractivity (Wildman–Crippen MR) is 117 cm³/mol. The summed E-state index contributed by atoms with van der Waals surface area (Å²) in [7, 11) is 5.64. The van der Waals surface area contributed by atoms with Crippen molar-refractivity contribution in [3.8, 4) is 17.2 Å². The zero-order valence-electron chi connectivity index (χ0n) is 18.0. The Hall–Kier alpha value is -2.74. The minimum atomic E-state index is 0.254. The van der Waals surface area contributed by atoms with Crippen LogP contribution in [-0.4, -0.2) is 50.6 Å². The molecule has 8 nitrogen and oxygen atoms in total. The van der Waals surface area contributed by atoms with Crippen molar-refractivity contribution in [2.45, 2.75) is 38.3 Å². The van der Waals surface area contributed by atoms with Gasteiger partial charge >= 0.3 is 0 Å². The van der Waals surface area contributed by atoms with Crippen LogP contribution < -0.4 is 29.7 Å². The van der Waals surface area contributed by atoms with Gasteiger partial charge < -0.3 is 29.7 Å². The second kappa shape index (κ2) is 9.38. The monoisotopic (exact) mass is 413 g/mol. The van der Waals surface area contributed by atoms with Gasteiger partial charge in [0, 0.05) is 32.9 Å². The molecule has 0 spiro atoms. The summed E-state index contributed by atoms with van der Waals surface area (Å²) >= 11 is 0. The van der Waals surface area contributed by atoms with E-state index < -0.39 is 0 Å². The molecule has 0 unspecified atom stereocenters. The van der Waals surface area contributed by atoms with Crippen LogP contribution >= 0.6 is 0 Å². The van der Waals surface area contributed by atoms with Gasteiger partial charge in [-0.05, 0) is 61.9 Å². The maximum Gasteiger partial charge on any atom is 0.231 e. The fraction of sp³-hybridized carbons (Fsp3) is 0.545. The molecule has 0 atom stereocenters. The molecule has 1 aliphatic carbocycles. The van der Waals surface area contributed by atoms with E-state index in [0.717, 1.165) is 54.8 Å². The summed E-state index contributed by atoms with van der Waals surface area (Å²) in [4.78, 5) is 10.9. The van der Waals surface area contributed by atoms with E-state index in [4.69, 9.17) is 14.2 Å². The fourth-order valence-electron chi connectivity index (χ4n) is 4.07. The highest BCUT2D eigenvalue weighted by atomic mass is 16.7. The number of hydrogen-bond donors (Lipinski definition) is 2. The first-order valence-electron chi connectivity index (χ1n) is 10.6. The standard InChI is InChI=1S/C22H31N5O3/c1-27(2)20-8-9-24-22(26-20)25-17-6-4-15(5-7-17)12-23-13-16-10-18(28-3)21-19(11-16)29-14-30-21/h8-11,15,17,23H,4-7,12-14H2,1-3H3,(H,24,25,26). The molecular weight excluding hydrogens is 382 g/mol. The lowest BCUT2D eigenvalue weighted by Gasteiger charge is -2.29. The Kier molecular flexibility index (Phi) is 6.42. The third-order valence-corrected chi connectivity index (χ3v) is 5.76. The first-order chi connectivity index (χ1) is 14.6. The van der Waals surface area contributed by atoms with E-state index in [2.05, 4.69) is 20.6 Å². The molecule has 2 heterocycles. The number of methoxy groups -OCH3 is 1. The second-order valence-corrected chi connectivity index (χ2v) is 8.16. The lowest BCUT2D eigenvalue weighted by molar-refractivity contribution is 0.171. The molecule has 1 saturated carbocycles. The normalized spacial score (nSPS) is 20.1. The Morgan fingerprint density at radius 1 is 1.17 bits per heavy atom. The van der Waals surface area contributed by atoms with Crippen LogP contribution in [0, 0.1) is 5.92 Å². The number of hydrogen-bond acceptors (Lipinski definition) is 8. The van der Waals surface area contributed by atoms with Crippen molar-refractivity contribution < 1.29 is 14.2 Å².